The third kappa shape index (κ3) is 6.69. The van der Waals surface area contributed by atoms with Crippen molar-refractivity contribution in [2.75, 3.05) is 0 Å². The van der Waals surface area contributed by atoms with E-state index in [1.807, 2.05) is 31.2 Å². The molecule has 1 aliphatic heterocycles. The van der Waals surface area contributed by atoms with Crippen LogP contribution >= 0.6 is 0 Å². The Morgan fingerprint density at radius 1 is 1.10 bits per heavy atom. The summed E-state index contributed by atoms with van der Waals surface area (Å²) in [5, 5.41) is 0.000139. The van der Waals surface area contributed by atoms with E-state index in [1.54, 1.807) is 20.8 Å². The number of likely N-dealkylation sites (tertiary alicyclic amines) is 1. The van der Waals surface area contributed by atoms with Gasteiger partial charge in [0.15, 0.2) is 8.32 Å². The highest BCUT2D eigenvalue weighted by Crippen LogP contribution is 2.39. The van der Waals surface area contributed by atoms with Crippen molar-refractivity contribution in [1.29, 1.82) is 0 Å². The number of nitrogens with zero attached hydrogens (tertiary/aromatic N) is 1. The van der Waals surface area contributed by atoms with Crippen LogP contribution in [0.2, 0.25) is 18.1 Å². The molecule has 2 amide bonds. The topological polar surface area (TPSA) is 55.8 Å². The van der Waals surface area contributed by atoms with E-state index < -0.39 is 26.1 Å². The summed E-state index contributed by atoms with van der Waals surface area (Å²) in [7, 11) is -2.14. The highest BCUT2D eigenvalue weighted by Gasteiger charge is 2.46. The summed E-state index contributed by atoms with van der Waals surface area (Å²) < 4.78 is 12.2. The highest BCUT2D eigenvalue weighted by atomic mass is 28.4. The van der Waals surface area contributed by atoms with Gasteiger partial charge in [0, 0.05) is 12.0 Å². The van der Waals surface area contributed by atoms with Gasteiger partial charge < -0.3 is 9.16 Å². The Kier molecular flexibility index (Phi) is 7.45. The minimum Gasteiger partial charge on any atom is -0.443 e. The number of carbonyl (C=O) groups is 2. The molecule has 0 aliphatic carbocycles. The lowest BCUT2D eigenvalue weighted by molar-refractivity contribution is -0.137. The van der Waals surface area contributed by atoms with Crippen LogP contribution in [0.4, 0.5) is 4.79 Å². The van der Waals surface area contributed by atoms with Crippen molar-refractivity contribution in [3.8, 4) is 11.8 Å². The van der Waals surface area contributed by atoms with Crippen LogP contribution in [-0.4, -0.2) is 43.0 Å². The third-order valence-corrected chi connectivity index (χ3v) is 10.3. The number of benzene rings is 1. The molecule has 31 heavy (non-hydrogen) atoms. The average Bonchev–Trinajstić information content (AvgIpc) is 2.60. The first-order chi connectivity index (χ1) is 14.1. The maximum Gasteiger partial charge on any atom is 0.418 e. The number of imide groups is 1. The van der Waals surface area contributed by atoms with Crippen LogP contribution in [0.25, 0.3) is 0 Å². The van der Waals surface area contributed by atoms with Crippen molar-refractivity contribution in [1.82, 2.24) is 4.90 Å². The monoisotopic (exact) mass is 443 g/mol. The van der Waals surface area contributed by atoms with Crippen LogP contribution in [0.3, 0.4) is 0 Å². The zero-order chi connectivity index (χ0) is 23.6. The summed E-state index contributed by atoms with van der Waals surface area (Å²) >= 11 is 0. The molecule has 2 rings (SSSR count). The standard InChI is InChI=1S/C25H37NO4Si/c1-18-10-12-19(13-11-18)14-15-20-21(30-31(8,9)25(5,6)7)16-17-22(27)26(20)23(28)29-24(2,3)4/h10-13,20-21H,16-17H2,1-9H3/t20-,21+/m1/s1. The number of amides is 2. The molecule has 0 radical (unpaired) electrons. The molecule has 2 atom stereocenters. The zero-order valence-electron chi connectivity index (χ0n) is 20.5. The Morgan fingerprint density at radius 2 is 1.68 bits per heavy atom. The summed E-state index contributed by atoms with van der Waals surface area (Å²) in [5.74, 6) is 6.06. The highest BCUT2D eigenvalue weighted by molar-refractivity contribution is 6.74. The molecule has 6 heteroatoms. The number of rotatable bonds is 2. The second kappa shape index (κ2) is 9.18. The smallest absolute Gasteiger partial charge is 0.418 e. The second-order valence-corrected chi connectivity index (χ2v) is 15.5. The van der Waals surface area contributed by atoms with Gasteiger partial charge in [0.05, 0.1) is 6.10 Å². The summed E-state index contributed by atoms with van der Waals surface area (Å²) in [6.45, 7) is 18.2. The summed E-state index contributed by atoms with van der Waals surface area (Å²) in [5.41, 5.74) is 1.27. The number of piperidine rings is 1. The number of ether oxygens (including phenoxy) is 1. The van der Waals surface area contributed by atoms with Gasteiger partial charge in [-0.2, -0.15) is 0 Å². The number of aryl methyl sites for hydroxylation is 1. The first-order valence-electron chi connectivity index (χ1n) is 10.9. The first kappa shape index (κ1) is 25.2. The molecule has 170 valence electrons. The second-order valence-electron chi connectivity index (χ2n) is 10.8. The Bertz CT molecular complexity index is 866. The van der Waals surface area contributed by atoms with Gasteiger partial charge in [-0.15, -0.1) is 0 Å². The molecule has 1 aromatic rings. The van der Waals surface area contributed by atoms with Crippen molar-refractivity contribution in [2.24, 2.45) is 0 Å². The largest absolute Gasteiger partial charge is 0.443 e. The molecule has 1 saturated heterocycles. The molecule has 1 aromatic carbocycles. The predicted molar refractivity (Wildman–Crippen MR) is 126 cm³/mol. The Hall–Kier alpha value is -2.10. The SMILES string of the molecule is Cc1ccc(C#C[C@@H]2[C@@H](O[Si](C)(C)C(C)(C)C)CCC(=O)N2C(=O)OC(C)(C)C)cc1. The van der Waals surface area contributed by atoms with E-state index in [0.29, 0.717) is 6.42 Å². The van der Waals surface area contributed by atoms with E-state index in [0.717, 1.165) is 11.1 Å². The van der Waals surface area contributed by atoms with Gasteiger partial charge in [-0.05, 0) is 64.4 Å². The van der Waals surface area contributed by atoms with Gasteiger partial charge in [-0.25, -0.2) is 9.69 Å². The molecule has 1 fully saturated rings. The van der Waals surface area contributed by atoms with Crippen LogP contribution in [-0.2, 0) is 14.0 Å². The molecule has 0 saturated carbocycles. The number of hydrogen-bond donors (Lipinski definition) is 0. The van der Waals surface area contributed by atoms with E-state index in [4.69, 9.17) is 9.16 Å². The lowest BCUT2D eigenvalue weighted by Gasteiger charge is -2.44. The van der Waals surface area contributed by atoms with E-state index in [1.165, 1.54) is 4.90 Å². The number of carbonyl (C=O) groups excluding carboxylic acids is 2. The van der Waals surface area contributed by atoms with Gasteiger partial charge in [0.1, 0.15) is 11.6 Å². The molecule has 1 aliphatic rings. The zero-order valence-corrected chi connectivity index (χ0v) is 21.5. The average molecular weight is 444 g/mol. The minimum absolute atomic E-state index is 0.000139. The molecule has 0 N–H and O–H groups in total. The molecular formula is C25H37NO4Si. The van der Waals surface area contributed by atoms with E-state index in [-0.39, 0.29) is 23.5 Å². The molecule has 0 spiro atoms. The van der Waals surface area contributed by atoms with Crippen molar-refractivity contribution in [2.45, 2.75) is 97.2 Å². The van der Waals surface area contributed by atoms with E-state index >= 15 is 0 Å². The van der Waals surface area contributed by atoms with Crippen LogP contribution in [0.15, 0.2) is 24.3 Å². The van der Waals surface area contributed by atoms with Gasteiger partial charge in [0.25, 0.3) is 0 Å². The van der Waals surface area contributed by atoms with E-state index in [9.17, 15) is 9.59 Å². The molecule has 1 heterocycles. The predicted octanol–water partition coefficient (Wildman–Crippen LogP) is 5.66. The fraction of sp³-hybridized carbons (Fsp3) is 0.600. The Labute approximate surface area is 188 Å². The fourth-order valence-corrected chi connectivity index (χ4v) is 4.38. The van der Waals surface area contributed by atoms with Gasteiger partial charge in [-0.1, -0.05) is 50.3 Å². The van der Waals surface area contributed by atoms with Crippen molar-refractivity contribution in [3.05, 3.63) is 35.4 Å². The normalized spacial score (nSPS) is 20.2. The number of hydrogen-bond acceptors (Lipinski definition) is 4. The lowest BCUT2D eigenvalue weighted by Crippen LogP contribution is -2.58. The fourth-order valence-electron chi connectivity index (χ4n) is 3.02. The van der Waals surface area contributed by atoms with Crippen molar-refractivity contribution < 1.29 is 18.8 Å². The van der Waals surface area contributed by atoms with E-state index in [2.05, 4.69) is 45.7 Å². The summed E-state index contributed by atoms with van der Waals surface area (Å²) in [6, 6.07) is 7.17. The summed E-state index contributed by atoms with van der Waals surface area (Å²) in [4.78, 5) is 27.0. The van der Waals surface area contributed by atoms with Crippen molar-refractivity contribution >= 4 is 20.3 Å². The molecule has 5 nitrogen and oxygen atoms in total. The van der Waals surface area contributed by atoms with Crippen LogP contribution in [0.5, 0.6) is 0 Å². The van der Waals surface area contributed by atoms with Crippen LogP contribution in [0.1, 0.15) is 65.5 Å². The quantitative estimate of drug-likeness (QED) is 0.437. The minimum atomic E-state index is -2.14. The van der Waals surface area contributed by atoms with Gasteiger partial charge >= 0.3 is 6.09 Å². The third-order valence-electron chi connectivity index (χ3n) is 5.80. The first-order valence-corrected chi connectivity index (χ1v) is 13.8. The van der Waals surface area contributed by atoms with Crippen LogP contribution < -0.4 is 0 Å². The maximum atomic E-state index is 13.0. The lowest BCUT2D eigenvalue weighted by atomic mass is 9.98. The Balaban J connectivity index is 2.45. The van der Waals surface area contributed by atoms with Crippen LogP contribution in [0, 0.1) is 18.8 Å². The summed E-state index contributed by atoms with van der Waals surface area (Å²) in [6.07, 6.45) is -0.229. The van der Waals surface area contributed by atoms with Gasteiger partial charge in [0.2, 0.25) is 5.91 Å². The van der Waals surface area contributed by atoms with Gasteiger partial charge in [-0.3, -0.25) is 4.79 Å². The molecule has 0 bridgehead atoms. The Morgan fingerprint density at radius 3 is 2.19 bits per heavy atom. The maximum absolute atomic E-state index is 13.0. The molecular weight excluding hydrogens is 406 g/mol. The molecule has 0 aromatic heterocycles. The molecule has 0 unspecified atom stereocenters. The van der Waals surface area contributed by atoms with Crippen molar-refractivity contribution in [3.63, 3.8) is 0 Å².